The summed E-state index contributed by atoms with van der Waals surface area (Å²) in [5.74, 6) is -0.142. The highest BCUT2D eigenvalue weighted by molar-refractivity contribution is 6.00. The predicted molar refractivity (Wildman–Crippen MR) is 82.0 cm³/mol. The van der Waals surface area contributed by atoms with E-state index in [-0.39, 0.29) is 18.4 Å². The van der Waals surface area contributed by atoms with Crippen LogP contribution in [0.15, 0.2) is 30.3 Å². The number of hydrogen-bond acceptors (Lipinski definition) is 4. The predicted octanol–water partition coefficient (Wildman–Crippen LogP) is 1.27. The summed E-state index contributed by atoms with van der Waals surface area (Å²) in [5.41, 5.74) is 5.41. The molecule has 6 heteroatoms. The third-order valence-electron chi connectivity index (χ3n) is 3.09. The number of nitrogens with zero attached hydrogens (tertiary/aromatic N) is 1. The van der Waals surface area contributed by atoms with Crippen molar-refractivity contribution in [3.8, 4) is 0 Å². The molecule has 2 rings (SSSR count). The van der Waals surface area contributed by atoms with Gasteiger partial charge in [-0.05, 0) is 18.4 Å². The van der Waals surface area contributed by atoms with Crippen molar-refractivity contribution in [2.45, 2.75) is 19.4 Å². The Kier molecular flexibility index (Phi) is 4.37. The minimum absolute atomic E-state index is 0.0954. The van der Waals surface area contributed by atoms with Crippen molar-refractivity contribution in [1.29, 1.82) is 0 Å². The number of carbonyl (C=O) groups is 2. The summed E-state index contributed by atoms with van der Waals surface area (Å²) in [6, 6.07) is 9.06. The lowest BCUT2D eigenvalue weighted by molar-refractivity contribution is -0.118. The Morgan fingerprint density at radius 1 is 1.33 bits per heavy atom. The van der Waals surface area contributed by atoms with Crippen LogP contribution in [-0.4, -0.2) is 29.9 Å². The second-order valence-corrected chi connectivity index (χ2v) is 4.87. The Bertz CT molecular complexity index is 684. The number of primary amides is 1. The van der Waals surface area contributed by atoms with Crippen LogP contribution in [0.25, 0.3) is 10.8 Å². The monoisotopic (exact) mass is 286 g/mol. The molecule has 0 saturated carbocycles. The maximum Gasteiger partial charge on any atom is 0.270 e. The Balaban J connectivity index is 2.29. The first-order chi connectivity index (χ1) is 10.0. The number of pyridine rings is 1. The standard InChI is InChI=1S/C15H18N4O2/c1-9(7-13(16)20)18-15(21)12-8-10-5-3-4-6-11(10)14(17-2)19-12/h3-6,8-9H,7H2,1-2H3,(H2,16,20)(H,17,19)(H,18,21). The van der Waals surface area contributed by atoms with Crippen LogP contribution < -0.4 is 16.4 Å². The zero-order valence-corrected chi connectivity index (χ0v) is 12.0. The van der Waals surface area contributed by atoms with Gasteiger partial charge in [0.05, 0.1) is 0 Å². The summed E-state index contributed by atoms with van der Waals surface area (Å²) in [4.78, 5) is 27.4. The Morgan fingerprint density at radius 2 is 2.05 bits per heavy atom. The van der Waals surface area contributed by atoms with Crippen LogP contribution in [0.2, 0.25) is 0 Å². The van der Waals surface area contributed by atoms with Crippen LogP contribution in [0.5, 0.6) is 0 Å². The molecule has 110 valence electrons. The summed E-state index contributed by atoms with van der Waals surface area (Å²) in [6.45, 7) is 1.72. The Labute approximate surface area is 122 Å². The van der Waals surface area contributed by atoms with Crippen LogP contribution >= 0.6 is 0 Å². The topological polar surface area (TPSA) is 97.1 Å². The quantitative estimate of drug-likeness (QED) is 0.771. The average Bonchev–Trinajstić information content (AvgIpc) is 2.44. The van der Waals surface area contributed by atoms with Crippen LogP contribution in [0.1, 0.15) is 23.8 Å². The van der Waals surface area contributed by atoms with Crippen LogP contribution in [0.3, 0.4) is 0 Å². The fraction of sp³-hybridized carbons (Fsp3) is 0.267. The van der Waals surface area contributed by atoms with Crippen molar-refractivity contribution >= 4 is 28.4 Å². The zero-order chi connectivity index (χ0) is 15.4. The van der Waals surface area contributed by atoms with E-state index in [1.54, 1.807) is 20.0 Å². The van der Waals surface area contributed by atoms with Gasteiger partial charge in [0.15, 0.2) is 0 Å². The van der Waals surface area contributed by atoms with Crippen LogP contribution in [0.4, 0.5) is 5.82 Å². The molecule has 1 aromatic heterocycles. The second kappa shape index (κ2) is 6.21. The fourth-order valence-corrected chi connectivity index (χ4v) is 2.16. The number of carbonyl (C=O) groups excluding carboxylic acids is 2. The van der Waals surface area contributed by atoms with Gasteiger partial charge in [-0.15, -0.1) is 0 Å². The van der Waals surface area contributed by atoms with Crippen LogP contribution in [0, 0.1) is 0 Å². The lowest BCUT2D eigenvalue weighted by atomic mass is 10.1. The molecule has 1 aromatic carbocycles. The highest BCUT2D eigenvalue weighted by Crippen LogP contribution is 2.22. The molecule has 4 N–H and O–H groups in total. The van der Waals surface area contributed by atoms with Crippen molar-refractivity contribution < 1.29 is 9.59 Å². The number of nitrogens with two attached hydrogens (primary N) is 1. The van der Waals surface area contributed by atoms with Gasteiger partial charge in [0.1, 0.15) is 11.5 Å². The number of fused-ring (bicyclic) bond motifs is 1. The van der Waals surface area contributed by atoms with E-state index >= 15 is 0 Å². The number of rotatable bonds is 5. The number of anilines is 1. The van der Waals surface area contributed by atoms with Gasteiger partial charge in [-0.2, -0.15) is 0 Å². The Hall–Kier alpha value is -2.63. The summed E-state index contributed by atoms with van der Waals surface area (Å²) >= 11 is 0. The van der Waals surface area contributed by atoms with Gasteiger partial charge in [0.2, 0.25) is 5.91 Å². The summed E-state index contributed by atoms with van der Waals surface area (Å²) < 4.78 is 0. The maximum atomic E-state index is 12.2. The van der Waals surface area contributed by atoms with Gasteiger partial charge in [-0.3, -0.25) is 9.59 Å². The van der Waals surface area contributed by atoms with E-state index in [9.17, 15) is 9.59 Å². The lowest BCUT2D eigenvalue weighted by Crippen LogP contribution is -2.36. The van der Waals surface area contributed by atoms with Gasteiger partial charge < -0.3 is 16.4 Å². The van der Waals surface area contributed by atoms with E-state index in [1.165, 1.54) is 0 Å². The molecule has 0 saturated heterocycles. The highest BCUT2D eigenvalue weighted by atomic mass is 16.2. The average molecular weight is 286 g/mol. The maximum absolute atomic E-state index is 12.2. The van der Waals surface area contributed by atoms with Gasteiger partial charge in [0.25, 0.3) is 5.91 Å². The fourth-order valence-electron chi connectivity index (χ4n) is 2.16. The first-order valence-corrected chi connectivity index (χ1v) is 6.68. The smallest absolute Gasteiger partial charge is 0.270 e. The highest BCUT2D eigenvalue weighted by Gasteiger charge is 2.15. The molecule has 0 radical (unpaired) electrons. The molecule has 2 aromatic rings. The van der Waals surface area contributed by atoms with Crippen molar-refractivity contribution in [2.24, 2.45) is 5.73 Å². The van der Waals surface area contributed by atoms with Gasteiger partial charge >= 0.3 is 0 Å². The molecule has 1 heterocycles. The molecule has 2 amide bonds. The molecule has 0 aliphatic carbocycles. The number of aromatic nitrogens is 1. The minimum Gasteiger partial charge on any atom is -0.373 e. The van der Waals surface area contributed by atoms with E-state index in [2.05, 4.69) is 15.6 Å². The number of nitrogens with one attached hydrogen (secondary N) is 2. The molecule has 6 nitrogen and oxygen atoms in total. The van der Waals surface area contributed by atoms with Crippen molar-refractivity contribution in [2.75, 3.05) is 12.4 Å². The van der Waals surface area contributed by atoms with Crippen molar-refractivity contribution in [1.82, 2.24) is 10.3 Å². The van der Waals surface area contributed by atoms with E-state index < -0.39 is 5.91 Å². The van der Waals surface area contributed by atoms with Crippen molar-refractivity contribution in [3.05, 3.63) is 36.0 Å². The third-order valence-corrected chi connectivity index (χ3v) is 3.09. The molecule has 0 bridgehead atoms. The summed E-state index contributed by atoms with van der Waals surface area (Å²) in [5, 5.41) is 7.57. The molecule has 0 spiro atoms. The second-order valence-electron chi connectivity index (χ2n) is 4.87. The number of amides is 2. The molecule has 21 heavy (non-hydrogen) atoms. The SMILES string of the molecule is CNc1nc(C(=O)NC(C)CC(N)=O)cc2ccccc12. The van der Waals surface area contributed by atoms with E-state index in [0.29, 0.717) is 11.5 Å². The summed E-state index contributed by atoms with van der Waals surface area (Å²) in [7, 11) is 1.76. The molecule has 0 aliphatic rings. The van der Waals surface area contributed by atoms with Crippen molar-refractivity contribution in [3.63, 3.8) is 0 Å². The van der Waals surface area contributed by atoms with E-state index in [0.717, 1.165) is 10.8 Å². The summed E-state index contributed by atoms with van der Waals surface area (Å²) in [6.07, 6.45) is 0.0954. The normalized spacial score (nSPS) is 11.9. The van der Waals surface area contributed by atoms with E-state index in [4.69, 9.17) is 5.73 Å². The molecule has 1 unspecified atom stereocenters. The molecule has 1 atom stereocenters. The van der Waals surface area contributed by atoms with Crippen LogP contribution in [-0.2, 0) is 4.79 Å². The Morgan fingerprint density at radius 3 is 2.71 bits per heavy atom. The molecule has 0 aliphatic heterocycles. The van der Waals surface area contributed by atoms with Gasteiger partial charge in [-0.25, -0.2) is 4.98 Å². The first-order valence-electron chi connectivity index (χ1n) is 6.68. The molecular weight excluding hydrogens is 268 g/mol. The largest absolute Gasteiger partial charge is 0.373 e. The van der Waals surface area contributed by atoms with Gasteiger partial charge in [0, 0.05) is 24.9 Å². The number of hydrogen-bond donors (Lipinski definition) is 3. The minimum atomic E-state index is -0.454. The lowest BCUT2D eigenvalue weighted by Gasteiger charge is -2.13. The molecule has 0 fully saturated rings. The van der Waals surface area contributed by atoms with E-state index in [1.807, 2.05) is 24.3 Å². The van der Waals surface area contributed by atoms with Gasteiger partial charge in [-0.1, -0.05) is 24.3 Å². The zero-order valence-electron chi connectivity index (χ0n) is 12.0. The number of benzene rings is 1. The third kappa shape index (κ3) is 3.47. The first kappa shape index (κ1) is 14.8. The molecular formula is C15H18N4O2.